The monoisotopic (exact) mass is 285 g/mol. The maximum Gasteiger partial charge on any atom is 0.372 e. The summed E-state index contributed by atoms with van der Waals surface area (Å²) in [4.78, 5) is 20.0. The molecule has 0 fully saturated rings. The van der Waals surface area contributed by atoms with Gasteiger partial charge >= 0.3 is 5.97 Å². The molecular weight excluding hydrogens is 270 g/mol. The van der Waals surface area contributed by atoms with Crippen LogP contribution in [0.4, 0.5) is 0 Å². The molecule has 2 aromatic rings. The van der Waals surface area contributed by atoms with Crippen molar-refractivity contribution in [2.75, 3.05) is 6.61 Å². The molecule has 2 N–H and O–H groups in total. The summed E-state index contributed by atoms with van der Waals surface area (Å²) in [6.45, 7) is 1.73. The number of hydrogen-bond donors (Lipinski definition) is 1. The van der Waals surface area contributed by atoms with Gasteiger partial charge in [0.05, 0.1) is 0 Å². The molecule has 0 unspecified atom stereocenters. The van der Waals surface area contributed by atoms with Gasteiger partial charge in [-0.3, -0.25) is 4.98 Å². The molecule has 0 aliphatic carbocycles. The fourth-order valence-corrected chi connectivity index (χ4v) is 1.48. The highest BCUT2D eigenvalue weighted by Crippen LogP contribution is 2.11. The van der Waals surface area contributed by atoms with Gasteiger partial charge in [0.1, 0.15) is 5.75 Å². The number of carbonyl (C=O) groups is 1. The SMILES string of the molecule is Cc1ccc(OCC(=O)O/N=C(/N)c2ccncc2)cc1. The van der Waals surface area contributed by atoms with Crippen molar-refractivity contribution < 1.29 is 14.4 Å². The van der Waals surface area contributed by atoms with Crippen LogP contribution in [0, 0.1) is 6.92 Å². The maximum absolute atomic E-state index is 11.5. The lowest BCUT2D eigenvalue weighted by atomic mass is 10.2. The molecule has 1 heterocycles. The van der Waals surface area contributed by atoms with Gasteiger partial charge in [-0.1, -0.05) is 22.9 Å². The van der Waals surface area contributed by atoms with Crippen molar-refractivity contribution >= 4 is 11.8 Å². The van der Waals surface area contributed by atoms with Crippen LogP contribution in [0.25, 0.3) is 0 Å². The van der Waals surface area contributed by atoms with Gasteiger partial charge in [0.2, 0.25) is 0 Å². The number of rotatable bonds is 5. The summed E-state index contributed by atoms with van der Waals surface area (Å²) >= 11 is 0. The lowest BCUT2D eigenvalue weighted by Crippen LogP contribution is -2.18. The first-order valence-corrected chi connectivity index (χ1v) is 6.28. The predicted octanol–water partition coefficient (Wildman–Crippen LogP) is 1.63. The van der Waals surface area contributed by atoms with E-state index in [0.29, 0.717) is 11.3 Å². The number of carbonyl (C=O) groups excluding carboxylic acids is 1. The maximum atomic E-state index is 11.5. The largest absolute Gasteiger partial charge is 0.482 e. The highest BCUT2D eigenvalue weighted by Gasteiger charge is 2.05. The second-order valence-electron chi connectivity index (χ2n) is 4.28. The molecule has 0 aliphatic rings. The molecule has 108 valence electrons. The van der Waals surface area contributed by atoms with E-state index in [1.165, 1.54) is 0 Å². The zero-order valence-corrected chi connectivity index (χ0v) is 11.5. The highest BCUT2D eigenvalue weighted by molar-refractivity contribution is 5.97. The Kier molecular flexibility index (Phi) is 4.87. The molecule has 0 bridgehead atoms. The van der Waals surface area contributed by atoms with Gasteiger partial charge in [0, 0.05) is 18.0 Å². The number of hydrogen-bond acceptors (Lipinski definition) is 5. The molecule has 21 heavy (non-hydrogen) atoms. The molecule has 0 saturated carbocycles. The average molecular weight is 285 g/mol. The van der Waals surface area contributed by atoms with Crippen molar-refractivity contribution in [3.05, 3.63) is 59.9 Å². The van der Waals surface area contributed by atoms with Gasteiger partial charge in [0.15, 0.2) is 12.4 Å². The number of aryl methyl sites for hydroxylation is 1. The number of benzene rings is 1. The normalized spacial score (nSPS) is 11.0. The van der Waals surface area contributed by atoms with Gasteiger partial charge in [0.25, 0.3) is 0 Å². The van der Waals surface area contributed by atoms with E-state index in [0.717, 1.165) is 5.56 Å². The fourth-order valence-electron chi connectivity index (χ4n) is 1.48. The van der Waals surface area contributed by atoms with Crippen LogP contribution >= 0.6 is 0 Å². The smallest absolute Gasteiger partial charge is 0.372 e. The second kappa shape index (κ2) is 7.04. The molecule has 1 aromatic heterocycles. The summed E-state index contributed by atoms with van der Waals surface area (Å²) in [6, 6.07) is 10.7. The predicted molar refractivity (Wildman–Crippen MR) is 77.7 cm³/mol. The standard InChI is InChI=1S/C15H15N3O3/c1-11-2-4-13(5-3-11)20-10-14(19)21-18-15(16)12-6-8-17-9-7-12/h2-9H,10H2,1H3,(H2,16,18). The minimum absolute atomic E-state index is 0.0982. The van der Waals surface area contributed by atoms with Gasteiger partial charge in [-0.25, -0.2) is 4.79 Å². The first-order valence-electron chi connectivity index (χ1n) is 6.28. The van der Waals surface area contributed by atoms with Crippen LogP contribution in [0.3, 0.4) is 0 Å². The molecule has 0 aliphatic heterocycles. The Labute approximate surface area is 122 Å². The van der Waals surface area contributed by atoms with Crippen molar-refractivity contribution in [1.29, 1.82) is 0 Å². The van der Waals surface area contributed by atoms with Crippen LogP contribution in [-0.2, 0) is 9.63 Å². The van der Waals surface area contributed by atoms with Crippen molar-refractivity contribution in [1.82, 2.24) is 4.98 Å². The Bertz CT molecular complexity index is 624. The molecule has 2 rings (SSSR count). The summed E-state index contributed by atoms with van der Waals surface area (Å²) < 4.78 is 5.27. The second-order valence-corrected chi connectivity index (χ2v) is 4.28. The Morgan fingerprint density at radius 2 is 1.86 bits per heavy atom. The first-order chi connectivity index (χ1) is 10.1. The zero-order chi connectivity index (χ0) is 15.1. The first kappa shape index (κ1) is 14.5. The minimum Gasteiger partial charge on any atom is -0.482 e. The van der Waals surface area contributed by atoms with Crippen molar-refractivity contribution in [2.45, 2.75) is 6.92 Å². The number of pyridine rings is 1. The Balaban J connectivity index is 1.83. The summed E-state index contributed by atoms with van der Waals surface area (Å²) in [5.41, 5.74) is 7.40. The zero-order valence-electron chi connectivity index (χ0n) is 11.5. The molecule has 1 aromatic carbocycles. The van der Waals surface area contributed by atoms with E-state index in [4.69, 9.17) is 10.5 Å². The summed E-state index contributed by atoms with van der Waals surface area (Å²) in [6.07, 6.45) is 3.14. The van der Waals surface area contributed by atoms with Gasteiger partial charge in [-0.05, 0) is 31.2 Å². The molecule has 6 nitrogen and oxygen atoms in total. The van der Waals surface area contributed by atoms with E-state index < -0.39 is 5.97 Å². The Morgan fingerprint density at radius 1 is 1.19 bits per heavy atom. The van der Waals surface area contributed by atoms with Crippen LogP contribution in [0.2, 0.25) is 0 Å². The third-order valence-electron chi connectivity index (χ3n) is 2.60. The van der Waals surface area contributed by atoms with Crippen LogP contribution in [0.5, 0.6) is 5.75 Å². The molecule has 0 amide bonds. The molecule has 0 saturated heterocycles. The third-order valence-corrected chi connectivity index (χ3v) is 2.60. The van der Waals surface area contributed by atoms with Gasteiger partial charge in [-0.15, -0.1) is 0 Å². The number of oxime groups is 1. The van der Waals surface area contributed by atoms with Crippen molar-refractivity contribution in [2.24, 2.45) is 10.9 Å². The molecule has 0 spiro atoms. The van der Waals surface area contributed by atoms with Crippen LogP contribution < -0.4 is 10.5 Å². The van der Waals surface area contributed by atoms with E-state index in [2.05, 4.69) is 15.0 Å². The van der Waals surface area contributed by atoms with Gasteiger partial charge in [-0.2, -0.15) is 0 Å². The average Bonchev–Trinajstić information content (AvgIpc) is 2.53. The number of nitrogens with two attached hydrogens (primary N) is 1. The number of ether oxygens (including phenoxy) is 1. The Morgan fingerprint density at radius 3 is 2.52 bits per heavy atom. The van der Waals surface area contributed by atoms with Crippen molar-refractivity contribution in [3.8, 4) is 5.75 Å². The Hall–Kier alpha value is -2.89. The fraction of sp³-hybridized carbons (Fsp3) is 0.133. The highest BCUT2D eigenvalue weighted by atomic mass is 16.7. The van der Waals surface area contributed by atoms with Crippen LogP contribution in [-0.4, -0.2) is 23.4 Å². The van der Waals surface area contributed by atoms with Crippen molar-refractivity contribution in [3.63, 3.8) is 0 Å². The summed E-state index contributed by atoms with van der Waals surface area (Å²) in [7, 11) is 0. The molecule has 0 radical (unpaired) electrons. The van der Waals surface area contributed by atoms with Crippen LogP contribution in [0.15, 0.2) is 53.9 Å². The van der Waals surface area contributed by atoms with E-state index in [1.807, 2.05) is 19.1 Å². The molecule has 0 atom stereocenters. The molecular formula is C15H15N3O3. The number of aromatic nitrogens is 1. The minimum atomic E-state index is -0.632. The quantitative estimate of drug-likeness (QED) is 0.390. The van der Waals surface area contributed by atoms with E-state index >= 15 is 0 Å². The summed E-state index contributed by atoms with van der Waals surface area (Å²) in [5.74, 6) is 0.0531. The summed E-state index contributed by atoms with van der Waals surface area (Å²) in [5, 5.41) is 3.56. The van der Waals surface area contributed by atoms with E-state index in [1.54, 1.807) is 36.7 Å². The lowest BCUT2D eigenvalue weighted by Gasteiger charge is -2.04. The lowest BCUT2D eigenvalue weighted by molar-refractivity contribution is -0.146. The van der Waals surface area contributed by atoms with Gasteiger partial charge < -0.3 is 15.3 Å². The third kappa shape index (κ3) is 4.61. The number of amidine groups is 1. The topological polar surface area (TPSA) is 86.8 Å². The van der Waals surface area contributed by atoms with E-state index in [9.17, 15) is 4.79 Å². The number of nitrogens with zero attached hydrogens (tertiary/aromatic N) is 2. The molecule has 6 heteroatoms. The van der Waals surface area contributed by atoms with E-state index in [-0.39, 0.29) is 12.4 Å². The van der Waals surface area contributed by atoms with Crippen LogP contribution in [0.1, 0.15) is 11.1 Å².